The summed E-state index contributed by atoms with van der Waals surface area (Å²) in [5.41, 5.74) is 3.31. The first kappa shape index (κ1) is 16.3. The molecule has 0 unspecified atom stereocenters. The van der Waals surface area contributed by atoms with Crippen molar-refractivity contribution in [2.45, 2.75) is 32.9 Å². The largest absolute Gasteiger partial charge is 0.481 e. The van der Waals surface area contributed by atoms with Gasteiger partial charge in [-0.05, 0) is 17.5 Å². The molecule has 0 radical (unpaired) electrons. The molecule has 22 heavy (non-hydrogen) atoms. The predicted octanol–water partition coefficient (Wildman–Crippen LogP) is 2.25. The highest BCUT2D eigenvalue weighted by Gasteiger charge is 2.18. The molecule has 2 aromatic heterocycles. The number of pyridine rings is 1. The molecule has 0 aromatic carbocycles. The quantitative estimate of drug-likeness (QED) is 0.850. The van der Waals surface area contributed by atoms with Gasteiger partial charge in [0.25, 0.3) is 0 Å². The van der Waals surface area contributed by atoms with Crippen molar-refractivity contribution in [3.05, 3.63) is 35.2 Å². The Labute approximate surface area is 131 Å². The van der Waals surface area contributed by atoms with Crippen molar-refractivity contribution < 1.29 is 9.47 Å². The highest BCUT2D eigenvalue weighted by Crippen LogP contribution is 2.26. The van der Waals surface area contributed by atoms with E-state index in [1.54, 1.807) is 25.1 Å². The summed E-state index contributed by atoms with van der Waals surface area (Å²) in [5, 5.41) is 7.99. The van der Waals surface area contributed by atoms with Crippen LogP contribution in [0.5, 0.6) is 11.8 Å². The molecule has 0 saturated heterocycles. The van der Waals surface area contributed by atoms with Crippen LogP contribution in [0.25, 0.3) is 0 Å². The fraction of sp³-hybridized carbons (Fsp3) is 0.500. The maximum absolute atomic E-state index is 5.48. The fourth-order valence-electron chi connectivity index (χ4n) is 2.46. The Kier molecular flexibility index (Phi) is 5.38. The average molecular weight is 304 g/mol. The minimum atomic E-state index is 0.355. The van der Waals surface area contributed by atoms with Gasteiger partial charge < -0.3 is 14.8 Å². The molecule has 0 bridgehead atoms. The fourth-order valence-corrected chi connectivity index (χ4v) is 2.46. The van der Waals surface area contributed by atoms with Gasteiger partial charge in [0.05, 0.1) is 25.5 Å². The Balaban J connectivity index is 2.07. The first-order chi connectivity index (χ1) is 10.6. The van der Waals surface area contributed by atoms with E-state index in [1.165, 1.54) is 0 Å². The minimum Gasteiger partial charge on any atom is -0.481 e. The smallest absolute Gasteiger partial charge is 0.216 e. The zero-order chi connectivity index (χ0) is 16.1. The number of nitrogens with zero attached hydrogens (tertiary/aromatic N) is 3. The standard InChI is InChI=1S/C16H24N4O2/c1-11(2)15-13(16(22-5)20(3)19-15)10-17-9-12-6-7-18-14(8-12)21-4/h6-8,11,17H,9-10H2,1-5H3. The van der Waals surface area contributed by atoms with E-state index in [4.69, 9.17) is 9.47 Å². The normalized spacial score (nSPS) is 11.0. The maximum atomic E-state index is 5.48. The molecule has 0 amide bonds. The minimum absolute atomic E-state index is 0.355. The van der Waals surface area contributed by atoms with E-state index in [1.807, 2.05) is 19.2 Å². The van der Waals surface area contributed by atoms with Crippen LogP contribution in [0, 0.1) is 0 Å². The lowest BCUT2D eigenvalue weighted by molar-refractivity contribution is 0.368. The number of aryl methyl sites for hydroxylation is 1. The van der Waals surface area contributed by atoms with E-state index < -0.39 is 0 Å². The molecule has 0 aliphatic rings. The Bertz CT molecular complexity index is 623. The molecule has 6 heteroatoms. The number of methoxy groups -OCH3 is 2. The lowest BCUT2D eigenvalue weighted by Gasteiger charge is -2.09. The number of hydrogen-bond acceptors (Lipinski definition) is 5. The van der Waals surface area contributed by atoms with Crippen LogP contribution in [0.15, 0.2) is 18.3 Å². The van der Waals surface area contributed by atoms with Crippen molar-refractivity contribution in [2.24, 2.45) is 7.05 Å². The molecule has 120 valence electrons. The number of rotatable bonds is 7. The molecule has 0 aliphatic heterocycles. The molecular formula is C16H24N4O2. The molecular weight excluding hydrogens is 280 g/mol. The zero-order valence-corrected chi connectivity index (χ0v) is 13.9. The van der Waals surface area contributed by atoms with Crippen LogP contribution in [0.2, 0.25) is 0 Å². The molecule has 6 nitrogen and oxygen atoms in total. The van der Waals surface area contributed by atoms with Gasteiger partial charge in [-0.2, -0.15) is 5.10 Å². The van der Waals surface area contributed by atoms with Crippen LogP contribution >= 0.6 is 0 Å². The van der Waals surface area contributed by atoms with Crippen molar-refractivity contribution in [1.29, 1.82) is 0 Å². The van der Waals surface area contributed by atoms with Gasteiger partial charge in [0.15, 0.2) is 0 Å². The molecule has 0 aliphatic carbocycles. The predicted molar refractivity (Wildman–Crippen MR) is 85.2 cm³/mol. The van der Waals surface area contributed by atoms with E-state index >= 15 is 0 Å². The average Bonchev–Trinajstić information content (AvgIpc) is 2.83. The molecule has 1 N–H and O–H groups in total. The number of aromatic nitrogens is 3. The van der Waals surface area contributed by atoms with E-state index in [9.17, 15) is 0 Å². The summed E-state index contributed by atoms with van der Waals surface area (Å²) >= 11 is 0. The molecule has 0 spiro atoms. The Morgan fingerprint density at radius 3 is 2.64 bits per heavy atom. The van der Waals surface area contributed by atoms with Crippen LogP contribution in [0.3, 0.4) is 0 Å². The SMILES string of the molecule is COc1cc(CNCc2c(C(C)C)nn(C)c2OC)ccn1. The molecule has 0 saturated carbocycles. The van der Waals surface area contributed by atoms with Gasteiger partial charge in [-0.25, -0.2) is 9.67 Å². The number of ether oxygens (including phenoxy) is 2. The van der Waals surface area contributed by atoms with E-state index in [0.717, 1.165) is 29.2 Å². The van der Waals surface area contributed by atoms with Crippen LogP contribution in [-0.4, -0.2) is 29.0 Å². The Morgan fingerprint density at radius 1 is 1.23 bits per heavy atom. The lowest BCUT2D eigenvalue weighted by Crippen LogP contribution is -2.14. The van der Waals surface area contributed by atoms with Crippen LogP contribution in [-0.2, 0) is 20.1 Å². The van der Waals surface area contributed by atoms with Crippen LogP contribution in [0.1, 0.15) is 36.6 Å². The summed E-state index contributed by atoms with van der Waals surface area (Å²) in [7, 11) is 5.20. The highest BCUT2D eigenvalue weighted by atomic mass is 16.5. The van der Waals surface area contributed by atoms with Crippen molar-refractivity contribution in [2.75, 3.05) is 14.2 Å². The number of nitrogens with one attached hydrogen (secondary N) is 1. The summed E-state index contributed by atoms with van der Waals surface area (Å²) < 4.78 is 12.4. The van der Waals surface area contributed by atoms with Crippen LogP contribution in [0.4, 0.5) is 0 Å². The van der Waals surface area contributed by atoms with Crippen molar-refractivity contribution in [3.63, 3.8) is 0 Å². The second-order valence-corrected chi connectivity index (χ2v) is 5.46. The Morgan fingerprint density at radius 2 is 2.00 bits per heavy atom. The summed E-state index contributed by atoms with van der Waals surface area (Å²) in [6.07, 6.45) is 1.75. The van der Waals surface area contributed by atoms with Crippen molar-refractivity contribution >= 4 is 0 Å². The molecule has 0 atom stereocenters. The van der Waals surface area contributed by atoms with E-state index in [2.05, 4.69) is 29.2 Å². The first-order valence-corrected chi connectivity index (χ1v) is 7.36. The third kappa shape index (κ3) is 3.57. The monoisotopic (exact) mass is 304 g/mol. The second kappa shape index (κ2) is 7.26. The van der Waals surface area contributed by atoms with Gasteiger partial charge in [0, 0.05) is 32.4 Å². The van der Waals surface area contributed by atoms with Gasteiger partial charge in [-0.1, -0.05) is 13.8 Å². The van der Waals surface area contributed by atoms with Gasteiger partial charge in [-0.15, -0.1) is 0 Å². The van der Waals surface area contributed by atoms with Crippen molar-refractivity contribution in [1.82, 2.24) is 20.1 Å². The van der Waals surface area contributed by atoms with Gasteiger partial charge in [0.1, 0.15) is 0 Å². The van der Waals surface area contributed by atoms with Gasteiger partial charge in [0.2, 0.25) is 11.8 Å². The zero-order valence-electron chi connectivity index (χ0n) is 13.9. The first-order valence-electron chi connectivity index (χ1n) is 7.36. The second-order valence-electron chi connectivity index (χ2n) is 5.46. The summed E-state index contributed by atoms with van der Waals surface area (Å²) in [6, 6.07) is 3.90. The Hall–Kier alpha value is -2.08. The van der Waals surface area contributed by atoms with Gasteiger partial charge in [-0.3, -0.25) is 0 Å². The lowest BCUT2D eigenvalue weighted by atomic mass is 10.1. The van der Waals surface area contributed by atoms with Crippen molar-refractivity contribution in [3.8, 4) is 11.8 Å². The molecule has 2 heterocycles. The van der Waals surface area contributed by atoms with Gasteiger partial charge >= 0.3 is 0 Å². The maximum Gasteiger partial charge on any atom is 0.216 e. The number of hydrogen-bond donors (Lipinski definition) is 1. The summed E-state index contributed by atoms with van der Waals surface area (Å²) in [5.74, 6) is 1.79. The van der Waals surface area contributed by atoms with Crippen LogP contribution < -0.4 is 14.8 Å². The molecule has 0 fully saturated rings. The third-order valence-electron chi connectivity index (χ3n) is 3.50. The third-order valence-corrected chi connectivity index (χ3v) is 3.50. The highest BCUT2D eigenvalue weighted by molar-refractivity contribution is 5.33. The van der Waals surface area contributed by atoms with E-state index in [-0.39, 0.29) is 0 Å². The molecule has 2 rings (SSSR count). The summed E-state index contributed by atoms with van der Waals surface area (Å²) in [4.78, 5) is 4.11. The topological polar surface area (TPSA) is 61.2 Å². The summed E-state index contributed by atoms with van der Waals surface area (Å²) in [6.45, 7) is 5.71. The molecule has 2 aromatic rings. The van der Waals surface area contributed by atoms with E-state index in [0.29, 0.717) is 18.3 Å².